The number of halogens is 2. The molecule has 0 bridgehead atoms. The molecule has 0 saturated carbocycles. The van der Waals surface area contributed by atoms with E-state index in [2.05, 4.69) is 10.2 Å². The van der Waals surface area contributed by atoms with Crippen molar-refractivity contribution in [3.05, 3.63) is 64.2 Å². The zero-order valence-electron chi connectivity index (χ0n) is 20.3. The molecule has 0 aromatic heterocycles. The Morgan fingerprint density at radius 3 is 2.32 bits per heavy atom. The lowest BCUT2D eigenvalue weighted by Gasteiger charge is -2.32. The van der Waals surface area contributed by atoms with Crippen molar-refractivity contribution in [1.29, 1.82) is 0 Å². The van der Waals surface area contributed by atoms with Crippen molar-refractivity contribution in [2.75, 3.05) is 19.3 Å². The number of hydrogen-bond acceptors (Lipinski definition) is 6. The minimum absolute atomic E-state index is 0.0196. The number of nitrogens with zero attached hydrogens (tertiary/aromatic N) is 2. The first kappa shape index (κ1) is 25.5. The Hall–Kier alpha value is -3.18. The Kier molecular flexibility index (Phi) is 6.61. The lowest BCUT2D eigenvalue weighted by molar-refractivity contribution is -0.136. The summed E-state index contributed by atoms with van der Waals surface area (Å²) in [4.78, 5) is 40.2. The van der Waals surface area contributed by atoms with Crippen LogP contribution >= 0.6 is 0 Å². The van der Waals surface area contributed by atoms with Crippen molar-refractivity contribution < 1.29 is 31.6 Å². The van der Waals surface area contributed by atoms with Gasteiger partial charge >= 0.3 is 0 Å². The summed E-state index contributed by atoms with van der Waals surface area (Å²) in [6, 6.07) is 6.88. The molecule has 3 aliphatic rings. The summed E-state index contributed by atoms with van der Waals surface area (Å²) in [6.45, 7) is 1.68. The van der Waals surface area contributed by atoms with E-state index in [0.717, 1.165) is 17.9 Å². The van der Waals surface area contributed by atoms with E-state index in [1.165, 1.54) is 4.90 Å². The summed E-state index contributed by atoms with van der Waals surface area (Å²) in [7, 11) is -3.26. The quantitative estimate of drug-likeness (QED) is 0.595. The van der Waals surface area contributed by atoms with Crippen molar-refractivity contribution in [1.82, 2.24) is 15.1 Å². The van der Waals surface area contributed by atoms with Gasteiger partial charge in [0.2, 0.25) is 11.8 Å². The summed E-state index contributed by atoms with van der Waals surface area (Å²) in [5.41, 5.74) is 0.958. The van der Waals surface area contributed by atoms with Gasteiger partial charge in [-0.05, 0) is 62.0 Å². The normalized spacial score (nSPS) is 21.3. The van der Waals surface area contributed by atoms with Gasteiger partial charge in [0.05, 0.1) is 17.0 Å². The first-order chi connectivity index (χ1) is 17.5. The van der Waals surface area contributed by atoms with Crippen molar-refractivity contribution in [3.63, 3.8) is 0 Å². The van der Waals surface area contributed by atoms with Gasteiger partial charge in [0, 0.05) is 30.3 Å². The average molecular weight is 532 g/mol. The molecule has 2 fully saturated rings. The Morgan fingerprint density at radius 2 is 1.70 bits per heavy atom. The second kappa shape index (κ2) is 9.60. The van der Waals surface area contributed by atoms with Crippen LogP contribution in [0.25, 0.3) is 0 Å². The van der Waals surface area contributed by atoms with Gasteiger partial charge in [-0.2, -0.15) is 0 Å². The molecule has 2 aromatic rings. The first-order valence-electron chi connectivity index (χ1n) is 12.2. The van der Waals surface area contributed by atoms with E-state index in [9.17, 15) is 22.8 Å². The molecule has 0 radical (unpaired) electrons. The van der Waals surface area contributed by atoms with E-state index in [1.807, 2.05) is 0 Å². The predicted molar refractivity (Wildman–Crippen MR) is 129 cm³/mol. The lowest BCUT2D eigenvalue weighted by Crippen LogP contribution is -2.52. The molecule has 3 amide bonds. The van der Waals surface area contributed by atoms with Crippen LogP contribution in [0.5, 0.6) is 0 Å². The van der Waals surface area contributed by atoms with E-state index in [1.54, 1.807) is 24.3 Å². The zero-order valence-corrected chi connectivity index (χ0v) is 21.1. The van der Waals surface area contributed by atoms with E-state index in [4.69, 9.17) is 0 Å². The van der Waals surface area contributed by atoms with Crippen LogP contribution in [0.2, 0.25) is 0 Å². The Balaban J connectivity index is 1.28. The number of carbonyl (C=O) groups excluding carboxylic acids is 3. The van der Waals surface area contributed by atoms with Gasteiger partial charge in [-0.25, -0.2) is 17.2 Å². The minimum atomic E-state index is -3.26. The van der Waals surface area contributed by atoms with Crippen LogP contribution in [0.15, 0.2) is 35.2 Å². The molecule has 196 valence electrons. The average Bonchev–Trinajstić information content (AvgIpc) is 3.16. The van der Waals surface area contributed by atoms with Crippen LogP contribution in [-0.4, -0.2) is 61.3 Å². The summed E-state index contributed by atoms with van der Waals surface area (Å²) in [5.74, 6) is -3.46. The van der Waals surface area contributed by atoms with Gasteiger partial charge in [-0.1, -0.05) is 12.1 Å². The third-order valence-corrected chi connectivity index (χ3v) is 8.64. The van der Waals surface area contributed by atoms with Crippen LogP contribution in [0.1, 0.15) is 58.6 Å². The molecule has 5 rings (SSSR count). The highest BCUT2D eigenvalue weighted by molar-refractivity contribution is 7.90. The van der Waals surface area contributed by atoms with Crippen LogP contribution in [0.3, 0.4) is 0 Å². The van der Waals surface area contributed by atoms with E-state index in [0.29, 0.717) is 32.5 Å². The highest BCUT2D eigenvalue weighted by Crippen LogP contribution is 2.38. The molecular weight excluding hydrogens is 504 g/mol. The number of fused-ring (bicyclic) bond motifs is 1. The van der Waals surface area contributed by atoms with Crippen molar-refractivity contribution in [2.45, 2.75) is 55.6 Å². The Morgan fingerprint density at radius 1 is 1.03 bits per heavy atom. The molecule has 0 spiro atoms. The second-order valence-electron chi connectivity index (χ2n) is 9.98. The highest BCUT2D eigenvalue weighted by Gasteiger charge is 2.42. The molecule has 3 heterocycles. The largest absolute Gasteiger partial charge is 0.322 e. The minimum Gasteiger partial charge on any atom is -0.322 e. The fraction of sp³-hybridized carbons (Fsp3) is 0.423. The molecule has 2 aromatic carbocycles. The monoisotopic (exact) mass is 531 g/mol. The van der Waals surface area contributed by atoms with Gasteiger partial charge in [-0.15, -0.1) is 0 Å². The molecule has 1 N–H and O–H groups in total. The fourth-order valence-electron chi connectivity index (χ4n) is 5.50. The molecule has 37 heavy (non-hydrogen) atoms. The number of amides is 3. The molecular formula is C26H27F2N3O5S. The molecule has 3 aliphatic heterocycles. The van der Waals surface area contributed by atoms with Crippen LogP contribution in [0, 0.1) is 11.6 Å². The molecule has 1 atom stereocenters. The maximum absolute atomic E-state index is 15.6. The van der Waals surface area contributed by atoms with E-state index < -0.39 is 45.2 Å². The highest BCUT2D eigenvalue weighted by atomic mass is 32.2. The van der Waals surface area contributed by atoms with Crippen LogP contribution < -0.4 is 5.32 Å². The summed E-state index contributed by atoms with van der Waals surface area (Å²) in [5, 5.41) is 2.20. The third-order valence-electron chi connectivity index (χ3n) is 7.51. The third kappa shape index (κ3) is 4.89. The number of hydrogen-bond donors (Lipinski definition) is 1. The second-order valence-corrected chi connectivity index (χ2v) is 12.0. The Labute approximate surface area is 213 Å². The van der Waals surface area contributed by atoms with Crippen LogP contribution in [0.4, 0.5) is 8.78 Å². The smallest absolute Gasteiger partial charge is 0.255 e. The van der Waals surface area contributed by atoms with Gasteiger partial charge in [0.15, 0.2) is 9.84 Å². The van der Waals surface area contributed by atoms with E-state index in [-0.39, 0.29) is 46.9 Å². The number of benzene rings is 2. The molecule has 8 nitrogen and oxygen atoms in total. The van der Waals surface area contributed by atoms with E-state index >= 15 is 8.78 Å². The number of imide groups is 1. The van der Waals surface area contributed by atoms with Crippen LogP contribution in [-0.2, 0) is 32.5 Å². The number of rotatable bonds is 5. The summed E-state index contributed by atoms with van der Waals surface area (Å²) >= 11 is 0. The molecule has 2 saturated heterocycles. The van der Waals surface area contributed by atoms with Gasteiger partial charge < -0.3 is 4.90 Å². The predicted octanol–water partition coefficient (Wildman–Crippen LogP) is 2.51. The number of sulfone groups is 1. The maximum atomic E-state index is 15.6. The zero-order chi connectivity index (χ0) is 26.5. The van der Waals surface area contributed by atoms with Gasteiger partial charge in [-0.3, -0.25) is 24.6 Å². The summed E-state index contributed by atoms with van der Waals surface area (Å²) in [6.07, 6.45) is 2.44. The van der Waals surface area contributed by atoms with Gasteiger partial charge in [0.25, 0.3) is 5.91 Å². The van der Waals surface area contributed by atoms with Crippen molar-refractivity contribution in [2.24, 2.45) is 0 Å². The standard InChI is InChI=1S/C26H27F2N3O5S/c1-37(35,36)17-4-2-15(3-5-17)13-30-10-8-16(9-11-30)23-20(27)12-18-19(24(23)28)14-31(26(18)34)21-6-7-22(32)29-25(21)33/h2-5,12,16,21H,6-11,13-14H2,1H3,(H,29,32,33). The number of likely N-dealkylation sites (tertiary alicyclic amines) is 1. The summed E-state index contributed by atoms with van der Waals surface area (Å²) < 4.78 is 54.1. The SMILES string of the molecule is CS(=O)(=O)c1ccc(CN2CCC(c3c(F)cc4c(c3F)CN(C3CCC(=O)NC3=O)C4=O)CC2)cc1. The maximum Gasteiger partial charge on any atom is 0.255 e. The lowest BCUT2D eigenvalue weighted by atomic mass is 9.86. The number of nitrogens with one attached hydrogen (secondary N) is 1. The number of piperidine rings is 2. The first-order valence-corrected chi connectivity index (χ1v) is 14.1. The fourth-order valence-corrected chi connectivity index (χ4v) is 6.14. The van der Waals surface area contributed by atoms with Crippen molar-refractivity contribution in [3.8, 4) is 0 Å². The molecule has 1 unspecified atom stereocenters. The topological polar surface area (TPSA) is 104 Å². The molecule has 11 heteroatoms. The number of carbonyl (C=O) groups is 3. The Bertz CT molecular complexity index is 1390. The van der Waals surface area contributed by atoms with Gasteiger partial charge in [0.1, 0.15) is 17.7 Å². The molecule has 0 aliphatic carbocycles. The van der Waals surface area contributed by atoms with Crippen molar-refractivity contribution >= 4 is 27.6 Å².